The predicted octanol–water partition coefficient (Wildman–Crippen LogP) is 22.8. The highest BCUT2D eigenvalue weighted by molar-refractivity contribution is 7.47. The summed E-state index contributed by atoms with van der Waals surface area (Å²) in [5.74, 6) is 0.914. The molecule has 0 spiro atoms. The number of hydrogen-bond donors (Lipinski definition) is 3. The first-order valence-electron chi connectivity index (χ1n) is 40.2. The van der Waals surface area contributed by atoms with Crippen LogP contribution in [0.2, 0.25) is 0 Å². The van der Waals surface area contributed by atoms with Gasteiger partial charge in [0.15, 0.2) is 12.2 Å². The van der Waals surface area contributed by atoms with E-state index in [1.807, 2.05) is 0 Å². The summed E-state index contributed by atoms with van der Waals surface area (Å²) in [6, 6.07) is 0. The van der Waals surface area contributed by atoms with Crippen molar-refractivity contribution in [2.75, 3.05) is 39.6 Å². The zero-order valence-corrected chi connectivity index (χ0v) is 65.5. The fourth-order valence-corrected chi connectivity index (χ4v) is 13.5. The van der Waals surface area contributed by atoms with E-state index in [1.54, 1.807) is 0 Å². The summed E-state index contributed by atoms with van der Waals surface area (Å²) in [7, 11) is -9.91. The molecule has 0 aromatic heterocycles. The molecule has 0 aromatic carbocycles. The number of esters is 4. The zero-order chi connectivity index (χ0) is 71.7. The van der Waals surface area contributed by atoms with E-state index in [2.05, 4.69) is 55.4 Å². The van der Waals surface area contributed by atoms with E-state index in [0.29, 0.717) is 31.6 Å². The van der Waals surface area contributed by atoms with Crippen LogP contribution in [0.4, 0.5) is 0 Å². The summed E-state index contributed by atoms with van der Waals surface area (Å²) in [4.78, 5) is 72.8. The second-order valence-electron chi connectivity index (χ2n) is 29.8. The second kappa shape index (κ2) is 67.2. The van der Waals surface area contributed by atoms with E-state index in [4.69, 9.17) is 37.0 Å². The van der Waals surface area contributed by atoms with Crippen LogP contribution in [0, 0.1) is 23.7 Å². The van der Waals surface area contributed by atoms with Crippen molar-refractivity contribution in [2.24, 2.45) is 23.7 Å². The molecule has 0 heterocycles. The second-order valence-corrected chi connectivity index (χ2v) is 32.7. The van der Waals surface area contributed by atoms with Gasteiger partial charge in [0.1, 0.15) is 19.3 Å². The average molecular weight is 1420 g/mol. The van der Waals surface area contributed by atoms with Gasteiger partial charge in [0.2, 0.25) is 0 Å². The molecule has 17 nitrogen and oxygen atoms in total. The largest absolute Gasteiger partial charge is 0.472 e. The molecular formula is C78H152O17P2. The van der Waals surface area contributed by atoms with Gasteiger partial charge in [-0.05, 0) is 49.4 Å². The molecule has 0 amide bonds. The van der Waals surface area contributed by atoms with Crippen molar-refractivity contribution in [1.29, 1.82) is 0 Å². The molecule has 0 bridgehead atoms. The van der Waals surface area contributed by atoms with Crippen LogP contribution in [0.25, 0.3) is 0 Å². The Morgan fingerprint density at radius 2 is 0.495 bits per heavy atom. The summed E-state index contributed by atoms with van der Waals surface area (Å²) in [5, 5.41) is 10.6. The minimum Gasteiger partial charge on any atom is -0.462 e. The highest BCUT2D eigenvalue weighted by Gasteiger charge is 2.30. The van der Waals surface area contributed by atoms with Gasteiger partial charge in [0, 0.05) is 25.7 Å². The number of phosphoric ester groups is 2. The highest BCUT2D eigenvalue weighted by Crippen LogP contribution is 2.45. The third kappa shape index (κ3) is 70.9. The van der Waals surface area contributed by atoms with Crippen molar-refractivity contribution < 1.29 is 80.2 Å². The molecule has 0 aliphatic carbocycles. The Hall–Kier alpha value is -1.94. The molecule has 0 aliphatic heterocycles. The Morgan fingerprint density at radius 1 is 0.289 bits per heavy atom. The molecule has 19 heteroatoms. The van der Waals surface area contributed by atoms with E-state index in [9.17, 15) is 43.2 Å². The maximum Gasteiger partial charge on any atom is 0.472 e. The molecule has 0 radical (unpaired) electrons. The fraction of sp³-hybridized carbons (Fsp3) is 0.949. The molecule has 576 valence electrons. The van der Waals surface area contributed by atoms with Crippen molar-refractivity contribution in [3.05, 3.63) is 0 Å². The number of aliphatic hydroxyl groups excluding tert-OH is 1. The first-order valence-corrected chi connectivity index (χ1v) is 43.2. The highest BCUT2D eigenvalue weighted by atomic mass is 31.2. The number of unbranched alkanes of at least 4 members (excludes halogenated alkanes) is 40. The van der Waals surface area contributed by atoms with Gasteiger partial charge in [-0.15, -0.1) is 0 Å². The predicted molar refractivity (Wildman–Crippen MR) is 395 cm³/mol. The average Bonchev–Trinajstić information content (AvgIpc) is 3.22. The molecule has 0 rings (SSSR count). The van der Waals surface area contributed by atoms with Crippen LogP contribution in [0.3, 0.4) is 0 Å². The van der Waals surface area contributed by atoms with E-state index in [1.165, 1.54) is 193 Å². The molecular weight excluding hydrogens is 1270 g/mol. The number of rotatable bonds is 75. The third-order valence-corrected chi connectivity index (χ3v) is 20.3. The van der Waals surface area contributed by atoms with E-state index < -0.39 is 97.5 Å². The number of hydrogen-bond acceptors (Lipinski definition) is 15. The maximum atomic E-state index is 13.1. The summed E-state index contributed by atoms with van der Waals surface area (Å²) in [6.07, 6.45) is 53.0. The zero-order valence-electron chi connectivity index (χ0n) is 63.7. The Kier molecular flexibility index (Phi) is 65.9. The van der Waals surface area contributed by atoms with Gasteiger partial charge in [-0.25, -0.2) is 9.13 Å². The fourth-order valence-electron chi connectivity index (χ4n) is 11.9. The van der Waals surface area contributed by atoms with Crippen LogP contribution in [-0.4, -0.2) is 96.7 Å². The van der Waals surface area contributed by atoms with Gasteiger partial charge in [0.05, 0.1) is 26.4 Å². The van der Waals surface area contributed by atoms with Crippen molar-refractivity contribution in [3.63, 3.8) is 0 Å². The van der Waals surface area contributed by atoms with Gasteiger partial charge in [0.25, 0.3) is 0 Å². The van der Waals surface area contributed by atoms with Gasteiger partial charge >= 0.3 is 39.5 Å². The first-order chi connectivity index (χ1) is 46.6. The first kappa shape index (κ1) is 95.1. The third-order valence-electron chi connectivity index (χ3n) is 18.4. The molecule has 0 fully saturated rings. The quantitative estimate of drug-likeness (QED) is 0.0222. The summed E-state index contributed by atoms with van der Waals surface area (Å²) in [5.41, 5.74) is 0. The van der Waals surface area contributed by atoms with Crippen LogP contribution < -0.4 is 0 Å². The summed E-state index contributed by atoms with van der Waals surface area (Å²) in [6.45, 7) is 14.2. The lowest BCUT2D eigenvalue weighted by Crippen LogP contribution is -2.30. The number of carbonyl (C=O) groups is 4. The van der Waals surface area contributed by atoms with Crippen LogP contribution in [0.5, 0.6) is 0 Å². The lowest BCUT2D eigenvalue weighted by Gasteiger charge is -2.21. The van der Waals surface area contributed by atoms with Crippen LogP contribution in [0.15, 0.2) is 0 Å². The van der Waals surface area contributed by atoms with Gasteiger partial charge in [-0.3, -0.25) is 37.3 Å². The van der Waals surface area contributed by atoms with Crippen LogP contribution in [-0.2, 0) is 65.4 Å². The molecule has 4 unspecified atom stereocenters. The van der Waals surface area contributed by atoms with Crippen molar-refractivity contribution >= 4 is 39.5 Å². The molecule has 0 aromatic rings. The normalized spacial score (nSPS) is 14.4. The van der Waals surface area contributed by atoms with E-state index in [-0.39, 0.29) is 25.7 Å². The van der Waals surface area contributed by atoms with Crippen LogP contribution in [0.1, 0.15) is 396 Å². The number of ether oxygens (including phenoxy) is 4. The Bertz CT molecular complexity index is 1900. The Balaban J connectivity index is 5.16. The smallest absolute Gasteiger partial charge is 0.462 e. The van der Waals surface area contributed by atoms with Crippen molar-refractivity contribution in [2.45, 2.75) is 414 Å². The topological polar surface area (TPSA) is 237 Å². The summed E-state index contributed by atoms with van der Waals surface area (Å²) < 4.78 is 68.5. The number of aliphatic hydroxyl groups is 1. The van der Waals surface area contributed by atoms with Gasteiger partial charge in [-0.2, -0.15) is 0 Å². The van der Waals surface area contributed by atoms with Crippen LogP contribution >= 0.6 is 15.6 Å². The molecule has 97 heavy (non-hydrogen) atoms. The molecule has 0 saturated carbocycles. The summed E-state index contributed by atoms with van der Waals surface area (Å²) >= 11 is 0. The SMILES string of the molecule is CCC(C)CCCCCCCCC(=O)O[C@H](COC(=O)CCCCCCCCCCCCCCCC(C)C)COP(=O)(O)OCC(O)COP(=O)(O)OC[C@@H](COC(=O)CCCCCCCCCC(C)C)OC(=O)CCCCCCCCCCCCCCCCCCCCC(C)C. The van der Waals surface area contributed by atoms with Crippen molar-refractivity contribution in [1.82, 2.24) is 0 Å². The standard InChI is InChI=1S/C78H152O17P2/c1-9-71(8)57-49-41-36-37-45-53-61-78(83)95-74(65-88-75(80)58-50-42-33-27-23-20-16-18-22-26-31-39-47-55-69(4)5)67-93-97(86,87)91-63-72(79)62-90-96(84,85)92-66-73(64-89-76(81)59-51-43-35-29-32-40-48-56-70(6)7)94-77(82)60-52-44-34-28-24-19-15-13-11-10-12-14-17-21-25-30-38-46-54-68(2)3/h68-74,79H,9-67H2,1-8H3,(H,84,85)(H,86,87)/t71?,72?,73-,74-/m1/s1. The lowest BCUT2D eigenvalue weighted by molar-refractivity contribution is -0.161. The molecule has 0 aliphatic rings. The lowest BCUT2D eigenvalue weighted by atomic mass is 10.00. The molecule has 0 saturated heterocycles. The molecule has 3 N–H and O–H groups in total. The van der Waals surface area contributed by atoms with E-state index >= 15 is 0 Å². The number of carbonyl (C=O) groups excluding carboxylic acids is 4. The van der Waals surface area contributed by atoms with Gasteiger partial charge < -0.3 is 33.8 Å². The maximum absolute atomic E-state index is 13.1. The molecule has 6 atom stereocenters. The van der Waals surface area contributed by atoms with Crippen molar-refractivity contribution in [3.8, 4) is 0 Å². The Labute approximate surface area is 594 Å². The minimum atomic E-state index is -4.96. The number of phosphoric acid groups is 2. The van der Waals surface area contributed by atoms with Gasteiger partial charge in [-0.1, -0.05) is 344 Å². The Morgan fingerprint density at radius 3 is 0.732 bits per heavy atom. The monoisotopic (exact) mass is 1420 g/mol. The van der Waals surface area contributed by atoms with E-state index in [0.717, 1.165) is 114 Å². The minimum absolute atomic E-state index is 0.103.